The molecule has 0 atom stereocenters. The molecule has 2 aromatic carbocycles. The van der Waals surface area contributed by atoms with E-state index >= 15 is 0 Å². The molecule has 142 valence electrons. The molecule has 0 radical (unpaired) electrons. The van der Waals surface area contributed by atoms with E-state index in [-0.39, 0.29) is 22.8 Å². The minimum atomic E-state index is -3.56. The number of ether oxygens (including phenoxy) is 1. The number of fused-ring (bicyclic) bond motifs is 1. The smallest absolute Gasteiger partial charge is 0.338 e. The van der Waals surface area contributed by atoms with E-state index < -0.39 is 16.0 Å². The van der Waals surface area contributed by atoms with E-state index in [2.05, 4.69) is 0 Å². The molecule has 0 bridgehead atoms. The van der Waals surface area contributed by atoms with Crippen LogP contribution in [0.1, 0.15) is 38.3 Å². The molecule has 0 aromatic heterocycles. The first-order valence-electron chi connectivity index (χ1n) is 8.64. The normalized spacial score (nSPS) is 13.4. The lowest BCUT2D eigenvalue weighted by molar-refractivity contribution is 0.0474. The van der Waals surface area contributed by atoms with Crippen LogP contribution in [0, 0.1) is 0 Å². The van der Waals surface area contributed by atoms with Gasteiger partial charge >= 0.3 is 5.97 Å². The summed E-state index contributed by atoms with van der Waals surface area (Å²) in [6.07, 6.45) is 3.11. The van der Waals surface area contributed by atoms with Gasteiger partial charge in [-0.3, -0.25) is 4.79 Å². The van der Waals surface area contributed by atoms with Gasteiger partial charge < -0.3 is 4.74 Å². The Labute approximate surface area is 158 Å². The number of hydrogen-bond donors (Lipinski definition) is 0. The van der Waals surface area contributed by atoms with E-state index in [0.29, 0.717) is 5.56 Å². The van der Waals surface area contributed by atoms with Crippen molar-refractivity contribution in [2.75, 3.05) is 20.7 Å². The molecular weight excluding hydrogens is 366 g/mol. The maximum Gasteiger partial charge on any atom is 0.338 e. The summed E-state index contributed by atoms with van der Waals surface area (Å²) >= 11 is 0. The van der Waals surface area contributed by atoms with Crippen LogP contribution >= 0.6 is 0 Å². The third kappa shape index (κ3) is 4.09. The van der Waals surface area contributed by atoms with Gasteiger partial charge in [-0.2, -0.15) is 0 Å². The molecule has 7 heteroatoms. The Bertz CT molecular complexity index is 978. The predicted molar refractivity (Wildman–Crippen MR) is 100 cm³/mol. The summed E-state index contributed by atoms with van der Waals surface area (Å²) < 4.78 is 30.2. The third-order valence-corrected chi connectivity index (χ3v) is 6.45. The number of carbonyl (C=O) groups excluding carboxylic acids is 2. The van der Waals surface area contributed by atoms with Gasteiger partial charge in [0, 0.05) is 19.7 Å². The summed E-state index contributed by atoms with van der Waals surface area (Å²) in [4.78, 5) is 24.5. The molecule has 0 aliphatic heterocycles. The molecular formula is C20H21NO5S. The number of carbonyl (C=O) groups is 2. The molecule has 27 heavy (non-hydrogen) atoms. The number of esters is 1. The predicted octanol–water partition coefficient (Wildman–Crippen LogP) is 2.47. The van der Waals surface area contributed by atoms with Crippen molar-refractivity contribution in [2.45, 2.75) is 24.2 Å². The Morgan fingerprint density at radius 1 is 0.963 bits per heavy atom. The first kappa shape index (κ1) is 19.3. The number of nitrogens with zero attached hydrogens (tertiary/aromatic N) is 1. The quantitative estimate of drug-likeness (QED) is 0.562. The van der Waals surface area contributed by atoms with Gasteiger partial charge in [0.05, 0.1) is 10.5 Å². The van der Waals surface area contributed by atoms with Gasteiger partial charge in [0.2, 0.25) is 10.0 Å². The van der Waals surface area contributed by atoms with Crippen LogP contribution in [-0.4, -0.2) is 45.2 Å². The lowest BCUT2D eigenvalue weighted by Crippen LogP contribution is -2.22. The van der Waals surface area contributed by atoms with Gasteiger partial charge in [0.15, 0.2) is 12.4 Å². The van der Waals surface area contributed by atoms with Crippen molar-refractivity contribution in [3.05, 3.63) is 64.7 Å². The Hall–Kier alpha value is -2.51. The van der Waals surface area contributed by atoms with Crippen LogP contribution < -0.4 is 0 Å². The van der Waals surface area contributed by atoms with Gasteiger partial charge in [0.25, 0.3) is 0 Å². The second kappa shape index (κ2) is 7.62. The van der Waals surface area contributed by atoms with Crippen LogP contribution in [0.5, 0.6) is 0 Å². The zero-order chi connectivity index (χ0) is 19.6. The highest BCUT2D eigenvalue weighted by atomic mass is 32.2. The van der Waals surface area contributed by atoms with Crippen molar-refractivity contribution in [2.24, 2.45) is 0 Å². The molecule has 0 unspecified atom stereocenters. The molecule has 0 spiro atoms. The first-order chi connectivity index (χ1) is 12.8. The van der Waals surface area contributed by atoms with E-state index in [4.69, 9.17) is 4.74 Å². The Kier molecular flexibility index (Phi) is 5.43. The number of aryl methyl sites for hydroxylation is 2. The largest absolute Gasteiger partial charge is 0.454 e. The number of benzene rings is 2. The summed E-state index contributed by atoms with van der Waals surface area (Å²) in [5.74, 6) is -0.928. The molecule has 3 rings (SSSR count). The first-order valence-corrected chi connectivity index (χ1v) is 10.1. The molecule has 0 fully saturated rings. The lowest BCUT2D eigenvalue weighted by Gasteiger charge is -2.11. The highest BCUT2D eigenvalue weighted by Gasteiger charge is 2.19. The van der Waals surface area contributed by atoms with Crippen LogP contribution in [0.3, 0.4) is 0 Å². The van der Waals surface area contributed by atoms with E-state index in [0.717, 1.165) is 23.6 Å². The van der Waals surface area contributed by atoms with Crippen LogP contribution in [-0.2, 0) is 27.6 Å². The molecule has 0 N–H and O–H groups in total. The molecule has 0 heterocycles. The second-order valence-corrected chi connectivity index (χ2v) is 8.80. The maximum atomic E-state index is 12.3. The fourth-order valence-electron chi connectivity index (χ4n) is 3.02. The zero-order valence-electron chi connectivity index (χ0n) is 15.3. The summed E-state index contributed by atoms with van der Waals surface area (Å²) in [6.45, 7) is -0.352. The van der Waals surface area contributed by atoms with Crippen LogP contribution in [0.25, 0.3) is 0 Å². The molecule has 6 nitrogen and oxygen atoms in total. The molecule has 0 amide bonds. The van der Waals surface area contributed by atoms with Gasteiger partial charge in [-0.25, -0.2) is 17.5 Å². The lowest BCUT2D eigenvalue weighted by atomic mass is 10.0. The highest BCUT2D eigenvalue weighted by molar-refractivity contribution is 7.89. The summed E-state index contributed by atoms with van der Waals surface area (Å²) in [7, 11) is -0.694. The van der Waals surface area contributed by atoms with Crippen molar-refractivity contribution >= 4 is 21.8 Å². The molecule has 0 saturated heterocycles. The number of hydrogen-bond acceptors (Lipinski definition) is 5. The van der Waals surface area contributed by atoms with Crippen LogP contribution in [0.2, 0.25) is 0 Å². The van der Waals surface area contributed by atoms with Gasteiger partial charge in [-0.15, -0.1) is 0 Å². The minimum absolute atomic E-state index is 0.0817. The topological polar surface area (TPSA) is 80.8 Å². The second-order valence-electron chi connectivity index (χ2n) is 6.65. The number of sulfonamides is 1. The van der Waals surface area contributed by atoms with Crippen LogP contribution in [0.4, 0.5) is 0 Å². The minimum Gasteiger partial charge on any atom is -0.454 e. The summed E-state index contributed by atoms with van der Waals surface area (Å²) in [6, 6.07) is 11.0. The Morgan fingerprint density at radius 3 is 2.26 bits per heavy atom. The van der Waals surface area contributed by atoms with Gasteiger partial charge in [-0.1, -0.05) is 12.1 Å². The monoisotopic (exact) mass is 387 g/mol. The number of rotatable bonds is 6. The number of Topliss-reactive ketones (excluding diaryl/α,β-unsaturated/α-hetero) is 1. The van der Waals surface area contributed by atoms with Crippen molar-refractivity contribution in [1.29, 1.82) is 0 Å². The van der Waals surface area contributed by atoms with Gasteiger partial charge in [0.1, 0.15) is 0 Å². The van der Waals surface area contributed by atoms with Crippen molar-refractivity contribution < 1.29 is 22.7 Å². The van der Waals surface area contributed by atoms with Crippen LogP contribution in [0.15, 0.2) is 47.4 Å². The average molecular weight is 387 g/mol. The third-order valence-electron chi connectivity index (χ3n) is 4.62. The summed E-state index contributed by atoms with van der Waals surface area (Å²) in [5.41, 5.74) is 3.19. The van der Waals surface area contributed by atoms with Gasteiger partial charge in [-0.05, 0) is 60.7 Å². The molecule has 1 aliphatic rings. The summed E-state index contributed by atoms with van der Waals surface area (Å²) in [5, 5.41) is 0. The molecule has 1 aliphatic carbocycles. The van der Waals surface area contributed by atoms with Crippen molar-refractivity contribution in [3.63, 3.8) is 0 Å². The fraction of sp³-hybridized carbons (Fsp3) is 0.300. The molecule has 0 saturated carbocycles. The van der Waals surface area contributed by atoms with E-state index in [1.807, 2.05) is 12.1 Å². The van der Waals surface area contributed by atoms with Crippen molar-refractivity contribution in [3.8, 4) is 0 Å². The Morgan fingerprint density at radius 2 is 1.59 bits per heavy atom. The SMILES string of the molecule is CN(C)S(=O)(=O)c1ccc(C(=O)OCC(=O)c2ccc3c(c2)CCC3)cc1. The van der Waals surface area contributed by atoms with Crippen molar-refractivity contribution in [1.82, 2.24) is 4.31 Å². The average Bonchev–Trinajstić information content (AvgIpc) is 3.13. The van der Waals surface area contributed by atoms with E-state index in [9.17, 15) is 18.0 Å². The number of ketones is 1. The Balaban J connectivity index is 1.63. The molecule has 2 aromatic rings. The van der Waals surface area contributed by atoms with E-state index in [1.54, 1.807) is 6.07 Å². The highest BCUT2D eigenvalue weighted by Crippen LogP contribution is 2.23. The van der Waals surface area contributed by atoms with E-state index in [1.165, 1.54) is 49.5 Å². The maximum absolute atomic E-state index is 12.3. The zero-order valence-corrected chi connectivity index (χ0v) is 16.1. The standard InChI is InChI=1S/C20H21NO5S/c1-21(2)27(24,25)18-10-8-15(9-11-18)20(23)26-13-19(22)17-7-6-14-4-3-5-16(14)12-17/h6-12H,3-5,13H2,1-2H3. The fourth-order valence-corrected chi connectivity index (χ4v) is 3.92.